The van der Waals surface area contributed by atoms with E-state index in [1.807, 2.05) is 24.3 Å². The summed E-state index contributed by atoms with van der Waals surface area (Å²) in [4.78, 5) is 14.9. The van der Waals surface area contributed by atoms with Gasteiger partial charge in [0.1, 0.15) is 0 Å². The number of aromatic amines is 1. The van der Waals surface area contributed by atoms with Gasteiger partial charge >= 0.3 is 0 Å². The number of nitrogens with two attached hydrogens (primary N) is 1. The lowest BCUT2D eigenvalue weighted by molar-refractivity contribution is 0.824. The molecule has 3 N–H and O–H groups in total. The highest BCUT2D eigenvalue weighted by Crippen LogP contribution is 2.22. The molecule has 0 radical (unpaired) electrons. The summed E-state index contributed by atoms with van der Waals surface area (Å²) in [5.41, 5.74) is 7.94. The van der Waals surface area contributed by atoms with Crippen LogP contribution in [0.4, 0.5) is 5.69 Å². The van der Waals surface area contributed by atoms with E-state index in [2.05, 4.69) is 15.2 Å². The third kappa shape index (κ3) is 3.72. The van der Waals surface area contributed by atoms with Gasteiger partial charge in [0.15, 0.2) is 10.9 Å². The molecule has 1 aromatic heterocycles. The summed E-state index contributed by atoms with van der Waals surface area (Å²) in [5.74, 6) is 0.661. The van der Waals surface area contributed by atoms with Gasteiger partial charge in [-0.15, -0.1) is 10.2 Å². The molecule has 0 aliphatic heterocycles. The summed E-state index contributed by atoms with van der Waals surface area (Å²) in [7, 11) is 0. The number of rotatable bonds is 4. The summed E-state index contributed by atoms with van der Waals surface area (Å²) < 4.78 is 0. The second-order valence-electron chi connectivity index (χ2n) is 4.81. The van der Waals surface area contributed by atoms with Gasteiger partial charge in [-0.1, -0.05) is 53.7 Å². The molecule has 0 unspecified atom stereocenters. The minimum atomic E-state index is -0.309. The van der Waals surface area contributed by atoms with Crippen molar-refractivity contribution >= 4 is 29.1 Å². The van der Waals surface area contributed by atoms with Gasteiger partial charge in [0, 0.05) is 22.0 Å². The number of hydrogen-bond acceptors (Lipinski definition) is 5. The first-order valence-electron chi connectivity index (χ1n) is 6.82. The van der Waals surface area contributed by atoms with Gasteiger partial charge in [-0.05, 0) is 23.8 Å². The van der Waals surface area contributed by atoms with Crippen LogP contribution >= 0.6 is 23.4 Å². The lowest BCUT2D eigenvalue weighted by atomic mass is 10.1. The summed E-state index contributed by atoms with van der Waals surface area (Å²) in [6.45, 7) is 0. The minimum absolute atomic E-state index is 0.221. The number of para-hydroxylation sites is 1. The van der Waals surface area contributed by atoms with Crippen molar-refractivity contribution in [1.82, 2.24) is 15.2 Å². The van der Waals surface area contributed by atoms with Crippen molar-refractivity contribution < 1.29 is 0 Å². The zero-order valence-electron chi connectivity index (χ0n) is 12.0. The van der Waals surface area contributed by atoms with E-state index < -0.39 is 0 Å². The topological polar surface area (TPSA) is 84.7 Å². The highest BCUT2D eigenvalue weighted by molar-refractivity contribution is 7.98. The number of nitrogens with one attached hydrogen (secondary N) is 1. The van der Waals surface area contributed by atoms with Crippen molar-refractivity contribution in [3.8, 4) is 11.3 Å². The number of aromatic nitrogens is 3. The summed E-state index contributed by atoms with van der Waals surface area (Å²) in [5, 5.41) is 9.24. The monoisotopic (exact) mass is 344 g/mol. The molecular weight excluding hydrogens is 332 g/mol. The van der Waals surface area contributed by atoms with Crippen molar-refractivity contribution in [2.45, 2.75) is 10.9 Å². The van der Waals surface area contributed by atoms with Crippen LogP contribution in [0.2, 0.25) is 5.02 Å². The maximum absolute atomic E-state index is 12.2. The van der Waals surface area contributed by atoms with Crippen LogP contribution in [0, 0.1) is 0 Å². The Kier molecular flexibility index (Phi) is 4.64. The molecule has 2 aromatic carbocycles. The SMILES string of the molecule is Nc1ccccc1-c1nnc(SCc2ccc(Cl)cc2)[nH]c1=O. The van der Waals surface area contributed by atoms with Crippen LogP contribution in [-0.2, 0) is 5.75 Å². The van der Waals surface area contributed by atoms with E-state index in [9.17, 15) is 4.79 Å². The molecular formula is C16H13ClN4OS. The summed E-state index contributed by atoms with van der Waals surface area (Å²) in [6.07, 6.45) is 0. The second kappa shape index (κ2) is 6.85. The Morgan fingerprint density at radius 1 is 1.09 bits per heavy atom. The van der Waals surface area contributed by atoms with Crippen LogP contribution < -0.4 is 11.3 Å². The molecule has 0 fully saturated rings. The molecule has 3 aromatic rings. The molecule has 0 bridgehead atoms. The van der Waals surface area contributed by atoms with E-state index in [4.69, 9.17) is 17.3 Å². The van der Waals surface area contributed by atoms with Gasteiger partial charge in [0.05, 0.1) is 0 Å². The summed E-state index contributed by atoms with van der Waals surface area (Å²) >= 11 is 7.25. The predicted molar refractivity (Wildman–Crippen MR) is 93.5 cm³/mol. The number of nitrogens with zero attached hydrogens (tertiary/aromatic N) is 2. The fourth-order valence-corrected chi connectivity index (χ4v) is 2.89. The highest BCUT2D eigenvalue weighted by atomic mass is 35.5. The van der Waals surface area contributed by atoms with Crippen molar-refractivity contribution in [1.29, 1.82) is 0 Å². The van der Waals surface area contributed by atoms with Gasteiger partial charge in [-0.25, -0.2) is 0 Å². The lowest BCUT2D eigenvalue weighted by Crippen LogP contribution is -2.14. The standard InChI is InChI=1S/C16H13ClN4OS/c17-11-7-5-10(6-8-11)9-23-16-19-15(22)14(20-21-16)12-3-1-2-4-13(12)18/h1-8H,9,18H2,(H,19,21,22). The van der Waals surface area contributed by atoms with Gasteiger partial charge in [0.2, 0.25) is 0 Å². The Morgan fingerprint density at radius 2 is 1.83 bits per heavy atom. The van der Waals surface area contributed by atoms with Crippen LogP contribution in [0.1, 0.15) is 5.56 Å². The average molecular weight is 345 g/mol. The molecule has 0 spiro atoms. The molecule has 7 heteroatoms. The van der Waals surface area contributed by atoms with E-state index in [-0.39, 0.29) is 11.3 Å². The Bertz CT molecular complexity index is 880. The fourth-order valence-electron chi connectivity index (χ4n) is 2.01. The second-order valence-corrected chi connectivity index (χ2v) is 6.21. The molecule has 0 aliphatic rings. The first-order chi connectivity index (χ1) is 11.1. The maximum atomic E-state index is 12.2. The quantitative estimate of drug-likeness (QED) is 0.560. The number of halogens is 1. The molecule has 23 heavy (non-hydrogen) atoms. The Labute approximate surface area is 141 Å². The van der Waals surface area contributed by atoms with Crippen LogP contribution in [0.5, 0.6) is 0 Å². The van der Waals surface area contributed by atoms with Crippen LogP contribution in [0.25, 0.3) is 11.3 Å². The number of nitrogen functional groups attached to an aromatic ring is 1. The van der Waals surface area contributed by atoms with E-state index >= 15 is 0 Å². The molecule has 3 rings (SSSR count). The van der Waals surface area contributed by atoms with E-state index in [0.29, 0.717) is 27.2 Å². The number of thioether (sulfide) groups is 1. The van der Waals surface area contributed by atoms with E-state index in [1.54, 1.807) is 24.3 Å². The zero-order chi connectivity index (χ0) is 16.2. The van der Waals surface area contributed by atoms with Gasteiger partial charge < -0.3 is 5.73 Å². The number of benzene rings is 2. The maximum Gasteiger partial charge on any atom is 0.278 e. The third-order valence-corrected chi connectivity index (χ3v) is 4.37. The first kappa shape index (κ1) is 15.6. The van der Waals surface area contributed by atoms with Crippen molar-refractivity contribution in [3.63, 3.8) is 0 Å². The number of hydrogen-bond donors (Lipinski definition) is 2. The Balaban J connectivity index is 1.78. The lowest BCUT2D eigenvalue weighted by Gasteiger charge is -2.04. The Hall–Kier alpha value is -2.31. The van der Waals surface area contributed by atoms with Crippen LogP contribution in [0.3, 0.4) is 0 Å². The van der Waals surface area contributed by atoms with E-state index in [1.165, 1.54) is 11.8 Å². The molecule has 0 saturated carbocycles. The average Bonchev–Trinajstić information content (AvgIpc) is 2.55. The van der Waals surface area contributed by atoms with Crippen molar-refractivity contribution in [2.24, 2.45) is 0 Å². The summed E-state index contributed by atoms with van der Waals surface area (Å²) in [6, 6.07) is 14.6. The van der Waals surface area contributed by atoms with E-state index in [0.717, 1.165) is 5.56 Å². The molecule has 1 heterocycles. The highest BCUT2D eigenvalue weighted by Gasteiger charge is 2.10. The van der Waals surface area contributed by atoms with Gasteiger partial charge in [-0.2, -0.15) is 0 Å². The molecule has 116 valence electrons. The van der Waals surface area contributed by atoms with Crippen molar-refractivity contribution in [3.05, 3.63) is 69.5 Å². The third-order valence-electron chi connectivity index (χ3n) is 3.18. The molecule has 0 saturated heterocycles. The normalized spacial score (nSPS) is 10.7. The van der Waals surface area contributed by atoms with Crippen molar-refractivity contribution in [2.75, 3.05) is 5.73 Å². The van der Waals surface area contributed by atoms with Crippen LogP contribution in [0.15, 0.2) is 58.5 Å². The fraction of sp³-hybridized carbons (Fsp3) is 0.0625. The zero-order valence-corrected chi connectivity index (χ0v) is 13.6. The molecule has 0 atom stereocenters. The number of H-pyrrole nitrogens is 1. The smallest absolute Gasteiger partial charge is 0.278 e. The Morgan fingerprint density at radius 3 is 2.52 bits per heavy atom. The molecule has 0 aliphatic carbocycles. The van der Waals surface area contributed by atoms with Crippen LogP contribution in [-0.4, -0.2) is 15.2 Å². The largest absolute Gasteiger partial charge is 0.398 e. The number of anilines is 1. The van der Waals surface area contributed by atoms with Gasteiger partial charge in [0.25, 0.3) is 5.56 Å². The molecule has 5 nitrogen and oxygen atoms in total. The van der Waals surface area contributed by atoms with Gasteiger partial charge in [-0.3, -0.25) is 9.78 Å². The predicted octanol–water partition coefficient (Wildman–Crippen LogP) is 3.36. The minimum Gasteiger partial charge on any atom is -0.398 e. The molecule has 0 amide bonds. The first-order valence-corrected chi connectivity index (χ1v) is 8.19.